The third-order valence-corrected chi connectivity index (χ3v) is 4.19. The number of hydrogen-bond donors (Lipinski definition) is 1. The summed E-state index contributed by atoms with van der Waals surface area (Å²) in [4.78, 5) is 0. The van der Waals surface area contributed by atoms with Crippen LogP contribution < -0.4 is 5.32 Å². The average molecular weight is 326 g/mol. The topological polar surface area (TPSA) is 21.3 Å². The molecule has 1 aromatic rings. The minimum absolute atomic E-state index is 0.620. The number of hydrogen-bond acceptors (Lipinski definition) is 2. The number of ether oxygens (including phenoxy) is 1. The Kier molecular flexibility index (Phi) is 6.35. The lowest BCUT2D eigenvalue weighted by atomic mass is 9.93. The molecule has 0 spiro atoms. The number of methoxy groups -OCH3 is 1. The zero-order valence-corrected chi connectivity index (χ0v) is 13.3. The molecule has 2 rings (SSSR count). The van der Waals surface area contributed by atoms with Gasteiger partial charge in [-0.2, -0.15) is 0 Å². The molecule has 1 aromatic carbocycles. The summed E-state index contributed by atoms with van der Waals surface area (Å²) < 4.78 is 6.31. The van der Waals surface area contributed by atoms with Gasteiger partial charge in [-0.25, -0.2) is 0 Å². The minimum atomic E-state index is 0.620. The van der Waals surface area contributed by atoms with Crippen LogP contribution in [0.25, 0.3) is 0 Å². The maximum absolute atomic E-state index is 5.13. The van der Waals surface area contributed by atoms with E-state index < -0.39 is 0 Å². The molecule has 1 fully saturated rings. The Morgan fingerprint density at radius 1 is 1.37 bits per heavy atom. The lowest BCUT2D eigenvalue weighted by molar-refractivity contribution is 0.191. The first-order chi connectivity index (χ1) is 9.29. The van der Waals surface area contributed by atoms with Gasteiger partial charge in [-0.1, -0.05) is 34.5 Å². The highest BCUT2D eigenvalue weighted by molar-refractivity contribution is 9.10. The molecule has 0 amide bonds. The summed E-state index contributed by atoms with van der Waals surface area (Å²) in [6.07, 6.45) is 6.34. The largest absolute Gasteiger partial charge is 0.385 e. The lowest BCUT2D eigenvalue weighted by Crippen LogP contribution is -2.23. The van der Waals surface area contributed by atoms with Crippen molar-refractivity contribution in [2.75, 3.05) is 20.3 Å². The summed E-state index contributed by atoms with van der Waals surface area (Å²) in [5.74, 6) is 0.620. The van der Waals surface area contributed by atoms with Crippen molar-refractivity contribution in [2.24, 2.45) is 0 Å². The molecule has 1 saturated carbocycles. The van der Waals surface area contributed by atoms with E-state index >= 15 is 0 Å². The van der Waals surface area contributed by atoms with Gasteiger partial charge < -0.3 is 10.1 Å². The smallest absolute Gasteiger partial charge is 0.0462 e. The van der Waals surface area contributed by atoms with Crippen LogP contribution in [0.3, 0.4) is 0 Å². The molecule has 1 aliphatic carbocycles. The Morgan fingerprint density at radius 3 is 2.89 bits per heavy atom. The summed E-state index contributed by atoms with van der Waals surface area (Å²) in [6.45, 7) is 1.98. The Morgan fingerprint density at radius 2 is 2.21 bits per heavy atom. The first kappa shape index (κ1) is 15.0. The van der Waals surface area contributed by atoms with Gasteiger partial charge in [0.1, 0.15) is 0 Å². The van der Waals surface area contributed by atoms with Gasteiger partial charge in [-0.3, -0.25) is 0 Å². The molecule has 0 radical (unpaired) electrons. The number of nitrogens with one attached hydrogen (secondary N) is 1. The zero-order chi connectivity index (χ0) is 13.5. The van der Waals surface area contributed by atoms with E-state index in [4.69, 9.17) is 4.74 Å². The molecule has 19 heavy (non-hydrogen) atoms. The fraction of sp³-hybridized carbons (Fsp3) is 0.625. The van der Waals surface area contributed by atoms with E-state index in [1.807, 2.05) is 0 Å². The predicted octanol–water partition coefficient (Wildman–Crippen LogP) is 4.10. The predicted molar refractivity (Wildman–Crippen MR) is 83.6 cm³/mol. The maximum Gasteiger partial charge on any atom is 0.0462 e. The third-order valence-electron chi connectivity index (χ3n) is 3.70. The van der Waals surface area contributed by atoms with Crippen molar-refractivity contribution in [1.29, 1.82) is 0 Å². The molecule has 1 atom stereocenters. The van der Waals surface area contributed by atoms with Crippen LogP contribution in [-0.4, -0.2) is 26.3 Å². The molecule has 3 heteroatoms. The zero-order valence-electron chi connectivity index (χ0n) is 11.7. The Labute approximate surface area is 125 Å². The van der Waals surface area contributed by atoms with Crippen LogP contribution in [-0.2, 0) is 4.74 Å². The van der Waals surface area contributed by atoms with Crippen LogP contribution in [0, 0.1) is 0 Å². The highest BCUT2D eigenvalue weighted by Crippen LogP contribution is 2.26. The van der Waals surface area contributed by atoms with E-state index in [2.05, 4.69) is 45.5 Å². The van der Waals surface area contributed by atoms with Crippen LogP contribution in [0.5, 0.6) is 0 Å². The summed E-state index contributed by atoms with van der Waals surface area (Å²) >= 11 is 3.58. The first-order valence-electron chi connectivity index (χ1n) is 7.27. The fourth-order valence-corrected chi connectivity index (χ4v) is 2.80. The van der Waals surface area contributed by atoms with Gasteiger partial charge in [0.05, 0.1) is 0 Å². The third kappa shape index (κ3) is 5.64. The van der Waals surface area contributed by atoms with Crippen LogP contribution in [0.2, 0.25) is 0 Å². The van der Waals surface area contributed by atoms with Crippen molar-refractivity contribution in [3.63, 3.8) is 0 Å². The van der Waals surface area contributed by atoms with Crippen LogP contribution >= 0.6 is 15.9 Å². The minimum Gasteiger partial charge on any atom is -0.385 e. The number of unbranched alkanes of at least 4 members (excludes halogenated alkanes) is 1. The van der Waals surface area contributed by atoms with E-state index in [0.717, 1.165) is 25.6 Å². The first-order valence-corrected chi connectivity index (χ1v) is 8.06. The van der Waals surface area contributed by atoms with E-state index in [1.165, 1.54) is 35.7 Å². The second-order valence-electron chi connectivity index (χ2n) is 5.42. The Hall–Kier alpha value is -0.380. The molecule has 0 heterocycles. The van der Waals surface area contributed by atoms with Gasteiger partial charge in [-0.15, -0.1) is 0 Å². The van der Waals surface area contributed by atoms with Gasteiger partial charge in [0.2, 0.25) is 0 Å². The summed E-state index contributed by atoms with van der Waals surface area (Å²) in [7, 11) is 1.78. The van der Waals surface area contributed by atoms with Gasteiger partial charge in [0.25, 0.3) is 0 Å². The quantitative estimate of drug-likeness (QED) is 0.690. The molecule has 0 bridgehead atoms. The molecule has 1 N–H and O–H groups in total. The standard InChI is InChI=1S/C16H24BrNO/c1-19-10-3-2-5-14(12-18-16-8-9-16)13-6-4-7-15(17)11-13/h4,6-7,11,14,16,18H,2-3,5,8-10,12H2,1H3. The molecular formula is C16H24BrNO. The van der Waals surface area contributed by atoms with E-state index in [-0.39, 0.29) is 0 Å². The molecular weight excluding hydrogens is 302 g/mol. The monoisotopic (exact) mass is 325 g/mol. The van der Waals surface area contributed by atoms with Crippen LogP contribution in [0.4, 0.5) is 0 Å². The number of rotatable bonds is 9. The Balaban J connectivity index is 1.87. The van der Waals surface area contributed by atoms with Gasteiger partial charge in [0, 0.05) is 30.8 Å². The van der Waals surface area contributed by atoms with Crippen molar-refractivity contribution in [3.05, 3.63) is 34.3 Å². The van der Waals surface area contributed by atoms with Crippen LogP contribution in [0.15, 0.2) is 28.7 Å². The maximum atomic E-state index is 5.13. The summed E-state index contributed by atoms with van der Waals surface area (Å²) in [5.41, 5.74) is 1.44. The highest BCUT2D eigenvalue weighted by Gasteiger charge is 2.22. The Bertz CT molecular complexity index is 379. The SMILES string of the molecule is COCCCCC(CNC1CC1)c1cccc(Br)c1. The van der Waals surface area contributed by atoms with Crippen molar-refractivity contribution in [1.82, 2.24) is 5.32 Å². The number of halogens is 1. The van der Waals surface area contributed by atoms with Gasteiger partial charge >= 0.3 is 0 Å². The number of benzene rings is 1. The molecule has 2 nitrogen and oxygen atoms in total. The normalized spacial score (nSPS) is 16.5. The van der Waals surface area contributed by atoms with E-state index in [0.29, 0.717) is 5.92 Å². The summed E-state index contributed by atoms with van der Waals surface area (Å²) in [5, 5.41) is 3.67. The second kappa shape index (κ2) is 8.03. The highest BCUT2D eigenvalue weighted by atomic mass is 79.9. The molecule has 106 valence electrons. The van der Waals surface area contributed by atoms with Crippen molar-refractivity contribution in [3.8, 4) is 0 Å². The van der Waals surface area contributed by atoms with E-state index in [9.17, 15) is 0 Å². The average Bonchev–Trinajstić information content (AvgIpc) is 3.22. The fourth-order valence-electron chi connectivity index (χ4n) is 2.38. The van der Waals surface area contributed by atoms with Crippen molar-refractivity contribution in [2.45, 2.75) is 44.1 Å². The molecule has 0 aliphatic heterocycles. The lowest BCUT2D eigenvalue weighted by Gasteiger charge is -2.18. The molecule has 0 aromatic heterocycles. The van der Waals surface area contributed by atoms with Gasteiger partial charge in [-0.05, 0) is 49.3 Å². The van der Waals surface area contributed by atoms with Crippen molar-refractivity contribution < 1.29 is 4.74 Å². The van der Waals surface area contributed by atoms with Crippen molar-refractivity contribution >= 4 is 15.9 Å². The van der Waals surface area contributed by atoms with Crippen LogP contribution in [0.1, 0.15) is 43.6 Å². The van der Waals surface area contributed by atoms with E-state index in [1.54, 1.807) is 7.11 Å². The second-order valence-corrected chi connectivity index (χ2v) is 6.34. The molecule has 0 saturated heterocycles. The summed E-state index contributed by atoms with van der Waals surface area (Å²) in [6, 6.07) is 9.53. The molecule has 1 aliphatic rings. The molecule has 1 unspecified atom stereocenters. The van der Waals surface area contributed by atoms with Gasteiger partial charge in [0.15, 0.2) is 0 Å².